The van der Waals surface area contributed by atoms with Crippen LogP contribution in [0.25, 0.3) is 22.3 Å². The summed E-state index contributed by atoms with van der Waals surface area (Å²) in [6.07, 6.45) is -4.81. The van der Waals surface area contributed by atoms with Crippen LogP contribution in [-0.4, -0.2) is 25.9 Å². The first-order chi connectivity index (χ1) is 21.4. The summed E-state index contributed by atoms with van der Waals surface area (Å²) in [6.45, 7) is 3.74. The van der Waals surface area contributed by atoms with E-state index in [2.05, 4.69) is 11.3 Å². The van der Waals surface area contributed by atoms with Crippen molar-refractivity contribution in [3.63, 3.8) is 0 Å². The molecule has 236 valence electrons. The Labute approximate surface area is 250 Å². The lowest BCUT2D eigenvalue weighted by molar-refractivity contribution is -0.228. The molecule has 4 aromatic rings. The highest BCUT2D eigenvalue weighted by Crippen LogP contribution is 2.39. The highest BCUT2D eigenvalue weighted by molar-refractivity contribution is 5.72. The van der Waals surface area contributed by atoms with Crippen molar-refractivity contribution in [2.75, 3.05) is 19.8 Å². The Morgan fingerprint density at radius 1 is 0.711 bits per heavy atom. The summed E-state index contributed by atoms with van der Waals surface area (Å²) in [6, 6.07) is 7.71. The minimum atomic E-state index is -4.61. The molecular formula is C32H21F9O4. The van der Waals surface area contributed by atoms with Gasteiger partial charge in [-0.2, -0.15) is 8.78 Å². The Morgan fingerprint density at radius 2 is 1.27 bits per heavy atom. The normalized spacial score (nSPS) is 16.9. The quantitative estimate of drug-likeness (QED) is 0.104. The van der Waals surface area contributed by atoms with E-state index >= 15 is 0 Å². The Bertz CT molecular complexity index is 1690. The first-order valence-electron chi connectivity index (χ1n) is 13.1. The van der Waals surface area contributed by atoms with E-state index in [1.54, 1.807) is 0 Å². The van der Waals surface area contributed by atoms with E-state index < -0.39 is 70.5 Å². The third-order valence-electron chi connectivity index (χ3n) is 6.71. The van der Waals surface area contributed by atoms with Gasteiger partial charge in [-0.1, -0.05) is 18.2 Å². The fourth-order valence-electron chi connectivity index (χ4n) is 4.61. The van der Waals surface area contributed by atoms with Gasteiger partial charge in [0.15, 0.2) is 23.7 Å². The molecule has 1 aliphatic rings. The summed E-state index contributed by atoms with van der Waals surface area (Å²) < 4.78 is 150. The lowest BCUT2D eigenvalue weighted by Crippen LogP contribution is -2.34. The van der Waals surface area contributed by atoms with Gasteiger partial charge in [0.05, 0.1) is 19.8 Å². The van der Waals surface area contributed by atoms with Crippen LogP contribution >= 0.6 is 0 Å². The Kier molecular flexibility index (Phi) is 9.23. The first-order valence-corrected chi connectivity index (χ1v) is 13.1. The molecule has 4 nitrogen and oxygen atoms in total. The second-order valence-corrected chi connectivity index (χ2v) is 9.81. The largest absolute Gasteiger partial charge is 0.432 e. The summed E-state index contributed by atoms with van der Waals surface area (Å²) in [7, 11) is 0. The average molecular weight is 640 g/mol. The molecule has 0 N–H and O–H groups in total. The number of hydrogen-bond acceptors (Lipinski definition) is 4. The van der Waals surface area contributed by atoms with Gasteiger partial charge in [0.1, 0.15) is 40.7 Å². The van der Waals surface area contributed by atoms with Gasteiger partial charge in [-0.05, 0) is 53.6 Å². The minimum absolute atomic E-state index is 0.00925. The Morgan fingerprint density at radius 3 is 1.84 bits per heavy atom. The van der Waals surface area contributed by atoms with Crippen LogP contribution in [0, 0.1) is 40.7 Å². The van der Waals surface area contributed by atoms with Crippen LogP contribution < -0.4 is 4.74 Å². The van der Waals surface area contributed by atoms with Gasteiger partial charge in [-0.15, -0.1) is 6.58 Å². The first kappa shape index (κ1) is 32.1. The van der Waals surface area contributed by atoms with Crippen LogP contribution in [0.3, 0.4) is 0 Å². The molecule has 1 heterocycles. The molecule has 0 amide bonds. The zero-order valence-electron chi connectivity index (χ0n) is 22.9. The molecule has 4 aromatic carbocycles. The molecule has 5 rings (SSSR count). The molecule has 0 unspecified atom stereocenters. The van der Waals surface area contributed by atoms with Gasteiger partial charge >= 0.3 is 6.11 Å². The fourth-order valence-corrected chi connectivity index (χ4v) is 4.61. The van der Waals surface area contributed by atoms with Crippen molar-refractivity contribution < 1.29 is 58.5 Å². The number of alkyl halides is 2. The number of benzene rings is 4. The smallest absolute Gasteiger partial charge is 0.429 e. The van der Waals surface area contributed by atoms with E-state index in [1.165, 1.54) is 12.1 Å². The minimum Gasteiger partial charge on any atom is -0.429 e. The summed E-state index contributed by atoms with van der Waals surface area (Å²) in [5.41, 5.74) is -3.00. The molecule has 0 atom stereocenters. The molecule has 1 fully saturated rings. The van der Waals surface area contributed by atoms with E-state index in [1.807, 2.05) is 0 Å². The van der Waals surface area contributed by atoms with Crippen molar-refractivity contribution in [1.82, 2.24) is 0 Å². The predicted molar refractivity (Wildman–Crippen MR) is 143 cm³/mol. The average Bonchev–Trinajstić information content (AvgIpc) is 2.98. The zero-order valence-corrected chi connectivity index (χ0v) is 22.9. The summed E-state index contributed by atoms with van der Waals surface area (Å²) in [5, 5.41) is 0. The highest BCUT2D eigenvalue weighted by Gasteiger charge is 2.42. The van der Waals surface area contributed by atoms with E-state index in [4.69, 9.17) is 14.2 Å². The van der Waals surface area contributed by atoms with Gasteiger partial charge in [-0.3, -0.25) is 0 Å². The third kappa shape index (κ3) is 6.85. The topological polar surface area (TPSA) is 36.9 Å². The molecule has 13 heteroatoms. The van der Waals surface area contributed by atoms with Gasteiger partial charge in [0.25, 0.3) is 0 Å². The molecule has 0 bridgehead atoms. The molecule has 45 heavy (non-hydrogen) atoms. The van der Waals surface area contributed by atoms with Crippen molar-refractivity contribution in [2.24, 2.45) is 0 Å². The number of hydrogen-bond donors (Lipinski definition) is 0. The molecule has 0 spiro atoms. The van der Waals surface area contributed by atoms with Gasteiger partial charge in [0.2, 0.25) is 0 Å². The van der Waals surface area contributed by atoms with Crippen LogP contribution in [-0.2, 0) is 20.3 Å². The van der Waals surface area contributed by atoms with Crippen LogP contribution in [0.1, 0.15) is 17.4 Å². The summed E-state index contributed by atoms with van der Waals surface area (Å²) in [5.74, 6) is -11.2. The van der Waals surface area contributed by atoms with Crippen LogP contribution in [0.15, 0.2) is 73.3 Å². The van der Waals surface area contributed by atoms with Crippen LogP contribution in [0.2, 0.25) is 0 Å². The molecular weight excluding hydrogens is 619 g/mol. The van der Waals surface area contributed by atoms with E-state index in [0.717, 1.165) is 24.3 Å². The summed E-state index contributed by atoms with van der Waals surface area (Å²) >= 11 is 0. The Hall–Kier alpha value is -4.33. The van der Waals surface area contributed by atoms with Gasteiger partial charge < -0.3 is 18.9 Å². The molecule has 0 radical (unpaired) electrons. The maximum Gasteiger partial charge on any atom is 0.432 e. The van der Waals surface area contributed by atoms with Crippen LogP contribution in [0.4, 0.5) is 39.5 Å². The van der Waals surface area contributed by atoms with E-state index in [0.29, 0.717) is 30.3 Å². The lowest BCUT2D eigenvalue weighted by Gasteiger charge is -2.29. The Balaban J connectivity index is 1.32. The maximum absolute atomic E-state index is 15.0. The van der Waals surface area contributed by atoms with Crippen molar-refractivity contribution >= 4 is 0 Å². The maximum atomic E-state index is 15.0. The van der Waals surface area contributed by atoms with Gasteiger partial charge in [-0.25, -0.2) is 30.7 Å². The van der Waals surface area contributed by atoms with Crippen molar-refractivity contribution in [3.8, 4) is 28.0 Å². The lowest BCUT2D eigenvalue weighted by atomic mass is 9.99. The molecule has 0 aromatic heterocycles. The second-order valence-electron chi connectivity index (χ2n) is 9.81. The van der Waals surface area contributed by atoms with Crippen molar-refractivity contribution in [2.45, 2.75) is 18.5 Å². The van der Waals surface area contributed by atoms with E-state index in [9.17, 15) is 39.5 Å². The number of halogens is 9. The monoisotopic (exact) mass is 640 g/mol. The molecule has 0 saturated carbocycles. The van der Waals surface area contributed by atoms with E-state index in [-0.39, 0.29) is 47.6 Å². The molecule has 0 aliphatic carbocycles. The third-order valence-corrected chi connectivity index (χ3v) is 6.71. The number of rotatable bonds is 9. The SMILES string of the molecule is C=CCOC1COC(c2cc(F)c(C(F)(F)Oc3ccc(-c4ccc(-c5cc(F)c(F)c(F)c5)c(F)c4)c(F)c3)c(F)c2)OC1. The molecule has 1 saturated heterocycles. The van der Waals surface area contributed by atoms with Crippen molar-refractivity contribution in [3.05, 3.63) is 125 Å². The second kappa shape index (κ2) is 13.0. The van der Waals surface area contributed by atoms with Crippen LogP contribution in [0.5, 0.6) is 5.75 Å². The van der Waals surface area contributed by atoms with Crippen molar-refractivity contribution in [1.29, 1.82) is 0 Å². The molecule has 1 aliphatic heterocycles. The predicted octanol–water partition coefficient (Wildman–Crippen LogP) is 8.74. The van der Waals surface area contributed by atoms with Gasteiger partial charge in [0, 0.05) is 22.8 Å². The zero-order chi connectivity index (χ0) is 32.5. The fraction of sp³-hybridized carbons (Fsp3) is 0.188. The number of ether oxygens (including phenoxy) is 4. The summed E-state index contributed by atoms with van der Waals surface area (Å²) in [4.78, 5) is 0. The highest BCUT2D eigenvalue weighted by atomic mass is 19.3. The standard InChI is InChI=1S/C32H21F9O4/c1-2-7-42-20-14-43-31(44-15-20)18-11-25(35)29(26(36)12-18)32(40,41)45-19-4-6-21(24(34)13-19)16-3-5-22(23(33)8-16)17-9-27(37)30(39)28(38)10-17/h2-6,8-13,20,31H,1,7,14-15H2.